The first-order chi connectivity index (χ1) is 11.0. The van der Waals surface area contributed by atoms with Gasteiger partial charge in [0.1, 0.15) is 0 Å². The zero-order chi connectivity index (χ0) is 16.6. The van der Waals surface area contributed by atoms with Crippen molar-refractivity contribution < 1.29 is 14.8 Å². The Hall–Kier alpha value is -3.00. The lowest BCUT2D eigenvalue weighted by molar-refractivity contribution is -0.384. The molecule has 0 fully saturated rings. The number of carboxylic acids is 1. The first kappa shape index (κ1) is 14.9. The molecule has 0 aliphatic heterocycles. The van der Waals surface area contributed by atoms with Crippen LogP contribution < -0.4 is 0 Å². The highest BCUT2D eigenvalue weighted by Crippen LogP contribution is 2.30. The predicted molar refractivity (Wildman–Crippen MR) is 86.6 cm³/mol. The molecule has 0 aliphatic carbocycles. The average molecular weight is 329 g/mol. The van der Waals surface area contributed by atoms with Gasteiger partial charge in [-0.05, 0) is 25.1 Å². The smallest absolute Gasteiger partial charge is 0.328 e. The Morgan fingerprint density at radius 1 is 1.39 bits per heavy atom. The zero-order valence-electron chi connectivity index (χ0n) is 12.0. The van der Waals surface area contributed by atoms with Gasteiger partial charge in [0.15, 0.2) is 4.96 Å². The molecule has 2 aromatic heterocycles. The largest absolute Gasteiger partial charge is 0.478 e. The number of nitrogens with zero attached hydrogens (tertiary/aromatic N) is 3. The van der Waals surface area contributed by atoms with E-state index >= 15 is 0 Å². The third-order valence-corrected chi connectivity index (χ3v) is 4.11. The number of carbonyl (C=O) groups is 1. The van der Waals surface area contributed by atoms with Gasteiger partial charge in [-0.1, -0.05) is 0 Å². The first-order valence-corrected chi connectivity index (χ1v) is 7.41. The number of carboxylic acid groups (broad SMARTS) is 1. The maximum Gasteiger partial charge on any atom is 0.328 e. The van der Waals surface area contributed by atoms with Gasteiger partial charge >= 0.3 is 5.97 Å². The quantitative estimate of drug-likeness (QED) is 0.449. The molecule has 0 atom stereocenters. The van der Waals surface area contributed by atoms with Crippen LogP contribution in [0.15, 0.2) is 36.5 Å². The van der Waals surface area contributed by atoms with Crippen molar-refractivity contribution >= 4 is 34.0 Å². The van der Waals surface area contributed by atoms with Gasteiger partial charge in [0.25, 0.3) is 5.69 Å². The molecule has 1 N–H and O–H groups in total. The molecule has 0 saturated carbocycles. The van der Waals surface area contributed by atoms with Crippen LogP contribution in [0, 0.1) is 17.0 Å². The molecule has 3 aromatic rings. The van der Waals surface area contributed by atoms with Gasteiger partial charge in [0.05, 0.1) is 16.3 Å². The summed E-state index contributed by atoms with van der Waals surface area (Å²) in [5.41, 5.74) is 1.90. The molecule has 0 radical (unpaired) electrons. The average Bonchev–Trinajstić information content (AvgIpc) is 3.01. The van der Waals surface area contributed by atoms with Crippen molar-refractivity contribution in [1.29, 1.82) is 0 Å². The van der Waals surface area contributed by atoms with Crippen LogP contribution in [0.3, 0.4) is 0 Å². The number of benzene rings is 1. The fourth-order valence-electron chi connectivity index (χ4n) is 2.24. The van der Waals surface area contributed by atoms with Crippen LogP contribution in [0.4, 0.5) is 5.69 Å². The summed E-state index contributed by atoms with van der Waals surface area (Å²) in [6.07, 6.45) is 4.40. The lowest BCUT2D eigenvalue weighted by atomic mass is 10.1. The molecular weight excluding hydrogens is 318 g/mol. The highest BCUT2D eigenvalue weighted by Gasteiger charge is 2.15. The van der Waals surface area contributed by atoms with E-state index in [0.29, 0.717) is 17.0 Å². The number of aromatic nitrogens is 2. The van der Waals surface area contributed by atoms with E-state index in [2.05, 4.69) is 4.98 Å². The Balaban J connectivity index is 2.15. The van der Waals surface area contributed by atoms with Gasteiger partial charge in [0, 0.05) is 34.8 Å². The fraction of sp³-hybridized carbons (Fsp3) is 0.0667. The minimum absolute atomic E-state index is 0.00626. The summed E-state index contributed by atoms with van der Waals surface area (Å²) in [4.78, 5) is 27.4. The number of nitro groups is 1. The molecule has 0 saturated heterocycles. The number of imidazole rings is 1. The maximum absolute atomic E-state index is 10.8. The summed E-state index contributed by atoms with van der Waals surface area (Å²) >= 11 is 1.49. The van der Waals surface area contributed by atoms with Crippen molar-refractivity contribution in [2.75, 3.05) is 0 Å². The molecule has 2 heterocycles. The number of aliphatic carboxylic acids is 1. The Morgan fingerprint density at radius 2 is 2.09 bits per heavy atom. The standard InChI is InChI=1S/C15H11N3O4S/c1-9-8-17-12(6-7-13(19)20)14(16-15(17)23-9)10-2-4-11(5-3-10)18(21)22/h2-8H,1H3,(H,19,20)/b7-6+. The van der Waals surface area contributed by atoms with Crippen molar-refractivity contribution in [1.82, 2.24) is 9.38 Å². The number of aryl methyl sites for hydroxylation is 1. The SMILES string of the molecule is Cc1cn2c(/C=C/C(=O)O)c(-c3ccc([N+](=O)[O-])cc3)nc2s1. The Morgan fingerprint density at radius 3 is 2.70 bits per heavy atom. The lowest BCUT2D eigenvalue weighted by Gasteiger charge is -2.00. The van der Waals surface area contributed by atoms with Gasteiger partial charge in [-0.2, -0.15) is 0 Å². The number of thiazole rings is 1. The van der Waals surface area contributed by atoms with Crippen molar-refractivity contribution in [2.24, 2.45) is 0 Å². The van der Waals surface area contributed by atoms with E-state index in [9.17, 15) is 14.9 Å². The molecule has 0 aliphatic rings. The van der Waals surface area contributed by atoms with Crippen molar-refractivity contribution in [3.8, 4) is 11.3 Å². The Bertz CT molecular complexity index is 938. The molecular formula is C15H11N3O4S. The van der Waals surface area contributed by atoms with Gasteiger partial charge < -0.3 is 5.11 Å². The molecule has 0 unspecified atom stereocenters. The number of fused-ring (bicyclic) bond motifs is 1. The second-order valence-corrected chi connectivity index (χ2v) is 6.03. The summed E-state index contributed by atoms with van der Waals surface area (Å²) in [6.45, 7) is 1.94. The zero-order valence-corrected chi connectivity index (χ0v) is 12.8. The van der Waals surface area contributed by atoms with E-state index in [0.717, 1.165) is 15.9 Å². The molecule has 1 aromatic carbocycles. The van der Waals surface area contributed by atoms with Crippen LogP contribution in [-0.4, -0.2) is 25.4 Å². The third kappa shape index (κ3) is 2.84. The number of nitro benzene ring substituents is 1. The van der Waals surface area contributed by atoms with Crippen LogP contribution in [-0.2, 0) is 4.79 Å². The highest BCUT2D eigenvalue weighted by atomic mass is 32.1. The van der Waals surface area contributed by atoms with Crippen molar-refractivity contribution in [2.45, 2.75) is 6.92 Å². The molecule has 7 nitrogen and oxygen atoms in total. The van der Waals surface area contributed by atoms with Crippen LogP contribution >= 0.6 is 11.3 Å². The van der Waals surface area contributed by atoms with E-state index in [4.69, 9.17) is 5.11 Å². The monoisotopic (exact) mass is 329 g/mol. The van der Waals surface area contributed by atoms with Crippen molar-refractivity contribution in [3.63, 3.8) is 0 Å². The molecule has 23 heavy (non-hydrogen) atoms. The third-order valence-electron chi connectivity index (χ3n) is 3.21. The minimum Gasteiger partial charge on any atom is -0.478 e. The Kier molecular flexibility index (Phi) is 3.67. The van der Waals surface area contributed by atoms with Gasteiger partial charge in [-0.3, -0.25) is 14.5 Å². The second kappa shape index (κ2) is 5.65. The van der Waals surface area contributed by atoms with Crippen molar-refractivity contribution in [3.05, 3.63) is 57.2 Å². The number of hydrogen-bond acceptors (Lipinski definition) is 5. The highest BCUT2D eigenvalue weighted by molar-refractivity contribution is 7.17. The molecule has 0 spiro atoms. The summed E-state index contributed by atoms with van der Waals surface area (Å²) in [5.74, 6) is -1.05. The molecule has 8 heteroatoms. The van der Waals surface area contributed by atoms with Gasteiger partial charge in [-0.25, -0.2) is 9.78 Å². The Labute approximate surface area is 134 Å². The minimum atomic E-state index is -1.05. The summed E-state index contributed by atoms with van der Waals surface area (Å²) in [6, 6.07) is 6.02. The lowest BCUT2D eigenvalue weighted by Crippen LogP contribution is -1.91. The van der Waals surface area contributed by atoms with E-state index in [1.165, 1.54) is 29.5 Å². The summed E-state index contributed by atoms with van der Waals surface area (Å²) < 4.78 is 1.82. The normalized spacial score (nSPS) is 11.3. The van der Waals surface area contributed by atoms with Gasteiger partial charge in [0.2, 0.25) is 0 Å². The van der Waals surface area contributed by atoms with Crippen LogP contribution in [0.1, 0.15) is 10.6 Å². The number of hydrogen-bond donors (Lipinski definition) is 1. The second-order valence-electron chi connectivity index (χ2n) is 4.82. The van der Waals surface area contributed by atoms with E-state index in [1.807, 2.05) is 17.5 Å². The molecule has 0 amide bonds. The van der Waals surface area contributed by atoms with E-state index in [1.54, 1.807) is 12.1 Å². The van der Waals surface area contributed by atoms with E-state index < -0.39 is 10.9 Å². The fourth-order valence-corrected chi connectivity index (χ4v) is 3.07. The van der Waals surface area contributed by atoms with Crippen LogP contribution in [0.5, 0.6) is 0 Å². The molecule has 116 valence electrons. The van der Waals surface area contributed by atoms with E-state index in [-0.39, 0.29) is 5.69 Å². The number of rotatable bonds is 4. The molecule has 0 bridgehead atoms. The first-order valence-electron chi connectivity index (χ1n) is 6.60. The predicted octanol–water partition coefficient (Wildman–Crippen LogP) is 3.38. The summed E-state index contributed by atoms with van der Waals surface area (Å²) in [7, 11) is 0. The topological polar surface area (TPSA) is 97.7 Å². The van der Waals surface area contributed by atoms with Gasteiger partial charge in [-0.15, -0.1) is 11.3 Å². The van der Waals surface area contributed by atoms with Crippen LogP contribution in [0.2, 0.25) is 0 Å². The maximum atomic E-state index is 10.8. The van der Waals surface area contributed by atoms with Crippen LogP contribution in [0.25, 0.3) is 22.3 Å². The molecule has 3 rings (SSSR count). The summed E-state index contributed by atoms with van der Waals surface area (Å²) in [5, 5.41) is 19.6. The number of non-ortho nitro benzene ring substituents is 1.